The number of aliphatic hydroxyl groups excluding tert-OH is 2. The highest BCUT2D eigenvalue weighted by Crippen LogP contribution is 2.09. The van der Waals surface area contributed by atoms with Gasteiger partial charge >= 0.3 is 0 Å². The van der Waals surface area contributed by atoms with Gasteiger partial charge in [-0.3, -0.25) is 0 Å². The molecule has 0 spiro atoms. The molecule has 0 fully saturated rings. The van der Waals surface area contributed by atoms with E-state index in [0.29, 0.717) is 13.0 Å². The van der Waals surface area contributed by atoms with Gasteiger partial charge in [-0.1, -0.05) is 0 Å². The summed E-state index contributed by atoms with van der Waals surface area (Å²) < 4.78 is 5.14. The van der Waals surface area contributed by atoms with Crippen LogP contribution < -0.4 is 0 Å². The van der Waals surface area contributed by atoms with Gasteiger partial charge < -0.3 is 20.1 Å². The van der Waals surface area contributed by atoms with E-state index in [0.717, 1.165) is 6.42 Å². The second-order valence-electron chi connectivity index (χ2n) is 3.52. The Morgan fingerprint density at radius 2 is 2.00 bits per heavy atom. The standard InChI is InChI=1S/C9H20O4/c1-8(11)9(2,12)7-13-6-4-3-5-10/h8,10-12H,3-7H2,1-2H3. The lowest BCUT2D eigenvalue weighted by molar-refractivity contribution is -0.102. The Balaban J connectivity index is 3.41. The monoisotopic (exact) mass is 192 g/mol. The molecule has 0 saturated carbocycles. The molecule has 0 aliphatic rings. The maximum atomic E-state index is 9.52. The molecule has 0 amide bonds. The van der Waals surface area contributed by atoms with Crippen LogP contribution in [0.2, 0.25) is 0 Å². The summed E-state index contributed by atoms with van der Waals surface area (Å²) >= 11 is 0. The highest BCUT2D eigenvalue weighted by molar-refractivity contribution is 4.77. The maximum Gasteiger partial charge on any atom is 0.111 e. The average Bonchev–Trinajstić information content (AvgIpc) is 2.03. The molecule has 4 nitrogen and oxygen atoms in total. The van der Waals surface area contributed by atoms with Crippen molar-refractivity contribution in [3.63, 3.8) is 0 Å². The van der Waals surface area contributed by atoms with Crippen LogP contribution in [0, 0.1) is 0 Å². The van der Waals surface area contributed by atoms with Gasteiger partial charge in [0.25, 0.3) is 0 Å². The van der Waals surface area contributed by atoms with Crippen LogP contribution in [0.4, 0.5) is 0 Å². The molecule has 0 bridgehead atoms. The lowest BCUT2D eigenvalue weighted by atomic mass is 10.0. The molecule has 0 aromatic rings. The third-order valence-corrected chi connectivity index (χ3v) is 1.99. The first-order valence-corrected chi connectivity index (χ1v) is 4.59. The topological polar surface area (TPSA) is 69.9 Å². The average molecular weight is 192 g/mol. The van der Waals surface area contributed by atoms with Crippen LogP contribution in [-0.4, -0.2) is 46.8 Å². The lowest BCUT2D eigenvalue weighted by Crippen LogP contribution is -2.41. The normalized spacial score (nSPS) is 18.2. The van der Waals surface area contributed by atoms with Gasteiger partial charge in [0.15, 0.2) is 0 Å². The number of hydrogen-bond donors (Lipinski definition) is 3. The summed E-state index contributed by atoms with van der Waals surface area (Å²) in [7, 11) is 0. The molecule has 2 unspecified atom stereocenters. The van der Waals surface area contributed by atoms with Crippen LogP contribution in [0.3, 0.4) is 0 Å². The SMILES string of the molecule is CC(O)C(C)(O)COCCCCO. The molecular formula is C9H20O4. The Morgan fingerprint density at radius 3 is 2.46 bits per heavy atom. The minimum Gasteiger partial charge on any atom is -0.396 e. The molecule has 3 N–H and O–H groups in total. The smallest absolute Gasteiger partial charge is 0.111 e. The van der Waals surface area contributed by atoms with Crippen LogP contribution in [-0.2, 0) is 4.74 Å². The molecular weight excluding hydrogens is 172 g/mol. The van der Waals surface area contributed by atoms with E-state index in [9.17, 15) is 5.11 Å². The molecule has 0 heterocycles. The fraction of sp³-hybridized carbons (Fsp3) is 1.00. The highest BCUT2D eigenvalue weighted by Gasteiger charge is 2.26. The Labute approximate surface area is 79.2 Å². The van der Waals surface area contributed by atoms with Crippen LogP contribution >= 0.6 is 0 Å². The minimum absolute atomic E-state index is 0.121. The first kappa shape index (κ1) is 12.8. The van der Waals surface area contributed by atoms with Crippen molar-refractivity contribution in [1.82, 2.24) is 0 Å². The van der Waals surface area contributed by atoms with Gasteiger partial charge in [0, 0.05) is 13.2 Å². The zero-order chi connectivity index (χ0) is 10.3. The van der Waals surface area contributed by atoms with Crippen LogP contribution in [0.5, 0.6) is 0 Å². The quantitative estimate of drug-likeness (QED) is 0.493. The molecule has 80 valence electrons. The summed E-state index contributed by atoms with van der Waals surface area (Å²) in [5, 5.41) is 27.1. The third kappa shape index (κ3) is 5.99. The number of hydrogen-bond acceptors (Lipinski definition) is 4. The number of rotatable bonds is 7. The summed E-state index contributed by atoms with van der Waals surface area (Å²) in [4.78, 5) is 0. The van der Waals surface area contributed by atoms with Gasteiger partial charge in [0.2, 0.25) is 0 Å². The van der Waals surface area contributed by atoms with Gasteiger partial charge in [-0.15, -0.1) is 0 Å². The molecule has 0 saturated heterocycles. The first-order valence-electron chi connectivity index (χ1n) is 4.59. The molecule has 4 heteroatoms. The summed E-state index contributed by atoms with van der Waals surface area (Å²) in [6.45, 7) is 3.84. The van der Waals surface area contributed by atoms with E-state index >= 15 is 0 Å². The van der Waals surface area contributed by atoms with Crippen molar-refractivity contribution in [2.75, 3.05) is 19.8 Å². The second kappa shape index (κ2) is 6.32. The first-order chi connectivity index (χ1) is 6.00. The summed E-state index contributed by atoms with van der Waals surface area (Å²) in [6.07, 6.45) is 0.675. The highest BCUT2D eigenvalue weighted by atomic mass is 16.5. The molecule has 0 radical (unpaired) electrons. The lowest BCUT2D eigenvalue weighted by Gasteiger charge is -2.25. The van der Waals surface area contributed by atoms with E-state index in [1.165, 1.54) is 13.8 Å². The van der Waals surface area contributed by atoms with Gasteiger partial charge in [-0.25, -0.2) is 0 Å². The number of unbranched alkanes of at least 4 members (excludes halogenated alkanes) is 1. The molecule has 13 heavy (non-hydrogen) atoms. The Morgan fingerprint density at radius 1 is 1.38 bits per heavy atom. The van der Waals surface area contributed by atoms with Gasteiger partial charge in [0.1, 0.15) is 5.60 Å². The summed E-state index contributed by atoms with van der Waals surface area (Å²) in [5.74, 6) is 0. The van der Waals surface area contributed by atoms with E-state index in [4.69, 9.17) is 14.9 Å². The Kier molecular flexibility index (Phi) is 6.24. The van der Waals surface area contributed by atoms with Gasteiger partial charge in [-0.2, -0.15) is 0 Å². The van der Waals surface area contributed by atoms with Crippen molar-refractivity contribution in [3.05, 3.63) is 0 Å². The van der Waals surface area contributed by atoms with Crippen molar-refractivity contribution in [2.45, 2.75) is 38.4 Å². The van der Waals surface area contributed by atoms with Crippen molar-refractivity contribution in [2.24, 2.45) is 0 Å². The fourth-order valence-corrected chi connectivity index (χ4v) is 0.715. The number of aliphatic hydroxyl groups is 3. The van der Waals surface area contributed by atoms with Crippen molar-refractivity contribution in [1.29, 1.82) is 0 Å². The van der Waals surface area contributed by atoms with Crippen molar-refractivity contribution >= 4 is 0 Å². The van der Waals surface area contributed by atoms with Crippen LogP contribution in [0.1, 0.15) is 26.7 Å². The van der Waals surface area contributed by atoms with Gasteiger partial charge in [-0.05, 0) is 26.7 Å². The fourth-order valence-electron chi connectivity index (χ4n) is 0.715. The Bertz CT molecular complexity index is 123. The minimum atomic E-state index is -1.18. The molecule has 0 aromatic heterocycles. The molecule has 2 atom stereocenters. The van der Waals surface area contributed by atoms with E-state index in [-0.39, 0.29) is 13.2 Å². The molecule has 0 aliphatic heterocycles. The maximum absolute atomic E-state index is 9.52. The summed E-state index contributed by atoms with van der Waals surface area (Å²) in [5.41, 5.74) is -1.18. The largest absolute Gasteiger partial charge is 0.396 e. The number of ether oxygens (including phenoxy) is 1. The van der Waals surface area contributed by atoms with Gasteiger partial charge in [0.05, 0.1) is 12.7 Å². The predicted molar refractivity (Wildman–Crippen MR) is 49.4 cm³/mol. The van der Waals surface area contributed by atoms with E-state index < -0.39 is 11.7 Å². The van der Waals surface area contributed by atoms with Crippen molar-refractivity contribution in [3.8, 4) is 0 Å². The zero-order valence-corrected chi connectivity index (χ0v) is 8.36. The molecule has 0 rings (SSSR count). The van der Waals surface area contributed by atoms with E-state index in [2.05, 4.69) is 0 Å². The van der Waals surface area contributed by atoms with Crippen LogP contribution in [0.15, 0.2) is 0 Å². The van der Waals surface area contributed by atoms with E-state index in [1.54, 1.807) is 0 Å². The van der Waals surface area contributed by atoms with Crippen molar-refractivity contribution < 1.29 is 20.1 Å². The molecule has 0 aliphatic carbocycles. The molecule has 0 aromatic carbocycles. The zero-order valence-electron chi connectivity index (χ0n) is 8.36. The summed E-state index contributed by atoms with van der Waals surface area (Å²) in [6, 6.07) is 0. The predicted octanol–water partition coefficient (Wildman–Crippen LogP) is -0.0927. The third-order valence-electron chi connectivity index (χ3n) is 1.99. The Hall–Kier alpha value is -0.160. The van der Waals surface area contributed by atoms with E-state index in [1.807, 2.05) is 0 Å². The van der Waals surface area contributed by atoms with Crippen LogP contribution in [0.25, 0.3) is 0 Å². The second-order valence-corrected chi connectivity index (χ2v) is 3.52.